The Morgan fingerprint density at radius 3 is 2.54 bits per heavy atom. The van der Waals surface area contributed by atoms with E-state index in [2.05, 4.69) is 17.4 Å². The molecule has 3 aromatic carbocycles. The van der Waals surface area contributed by atoms with E-state index in [0.717, 1.165) is 40.7 Å². The number of hydrogen-bond acceptors (Lipinski definition) is 3. The van der Waals surface area contributed by atoms with Crippen LogP contribution in [0, 0.1) is 0 Å². The number of carbonyl (C=O) groups excluding carboxylic acids is 1. The Labute approximate surface area is 166 Å². The Morgan fingerprint density at radius 2 is 1.75 bits per heavy atom. The van der Waals surface area contributed by atoms with Crippen molar-refractivity contribution in [3.05, 3.63) is 72.3 Å². The number of amides is 1. The number of benzene rings is 3. The third-order valence-electron chi connectivity index (χ3n) is 4.78. The van der Waals surface area contributed by atoms with Gasteiger partial charge in [0.15, 0.2) is 6.10 Å². The molecule has 0 aromatic heterocycles. The number of fused-ring (bicyclic) bond motifs is 1. The highest BCUT2D eigenvalue weighted by atomic mass is 16.5. The molecule has 146 valence electrons. The van der Waals surface area contributed by atoms with Crippen molar-refractivity contribution in [3.8, 4) is 11.5 Å². The first-order valence-electron chi connectivity index (χ1n) is 9.76. The number of para-hydroxylation sites is 1. The fraction of sp³-hybridized carbons (Fsp3) is 0.292. The maximum Gasteiger partial charge on any atom is 0.261 e. The number of nitrogens with one attached hydrogen (secondary N) is 1. The van der Waals surface area contributed by atoms with Gasteiger partial charge in [0, 0.05) is 6.54 Å². The summed E-state index contributed by atoms with van der Waals surface area (Å²) in [7, 11) is 1.68. The highest BCUT2D eigenvalue weighted by molar-refractivity contribution is 5.84. The van der Waals surface area contributed by atoms with Gasteiger partial charge in [-0.3, -0.25) is 4.79 Å². The summed E-state index contributed by atoms with van der Waals surface area (Å²) >= 11 is 0. The Morgan fingerprint density at radius 1 is 1.00 bits per heavy atom. The van der Waals surface area contributed by atoms with Crippen molar-refractivity contribution in [2.24, 2.45) is 0 Å². The molecule has 0 aliphatic heterocycles. The maximum atomic E-state index is 12.5. The number of rotatable bonds is 9. The average molecular weight is 377 g/mol. The SMILES string of the molecule is CC[C@H](Oc1ccc2ccccc2c1)C(=O)NCCCc1ccccc1OC. The smallest absolute Gasteiger partial charge is 0.261 e. The quantitative estimate of drug-likeness (QED) is 0.547. The molecular weight excluding hydrogens is 350 g/mol. The largest absolute Gasteiger partial charge is 0.496 e. The summed E-state index contributed by atoms with van der Waals surface area (Å²) in [5.41, 5.74) is 1.15. The lowest BCUT2D eigenvalue weighted by molar-refractivity contribution is -0.128. The fourth-order valence-corrected chi connectivity index (χ4v) is 3.24. The molecule has 4 nitrogen and oxygen atoms in total. The highest BCUT2D eigenvalue weighted by Crippen LogP contribution is 2.22. The molecule has 28 heavy (non-hydrogen) atoms. The van der Waals surface area contributed by atoms with Crippen LogP contribution in [0.3, 0.4) is 0 Å². The molecule has 1 N–H and O–H groups in total. The second kappa shape index (κ2) is 9.79. The number of carbonyl (C=O) groups is 1. The Bertz CT molecular complexity index is 922. The lowest BCUT2D eigenvalue weighted by atomic mass is 10.1. The topological polar surface area (TPSA) is 47.6 Å². The van der Waals surface area contributed by atoms with Crippen molar-refractivity contribution >= 4 is 16.7 Å². The molecule has 4 heteroatoms. The van der Waals surface area contributed by atoms with Gasteiger partial charge in [0.25, 0.3) is 5.91 Å². The minimum absolute atomic E-state index is 0.0734. The van der Waals surface area contributed by atoms with Crippen molar-refractivity contribution in [3.63, 3.8) is 0 Å². The van der Waals surface area contributed by atoms with Crippen LogP contribution in [0.25, 0.3) is 10.8 Å². The van der Waals surface area contributed by atoms with E-state index in [1.807, 2.05) is 61.5 Å². The first-order chi connectivity index (χ1) is 13.7. The molecule has 3 aromatic rings. The van der Waals surface area contributed by atoms with E-state index in [9.17, 15) is 4.79 Å². The van der Waals surface area contributed by atoms with Gasteiger partial charge < -0.3 is 14.8 Å². The van der Waals surface area contributed by atoms with Gasteiger partial charge in [0.1, 0.15) is 11.5 Å². The summed E-state index contributed by atoms with van der Waals surface area (Å²) in [6, 6.07) is 22.0. The van der Waals surface area contributed by atoms with Gasteiger partial charge in [0.2, 0.25) is 0 Å². The van der Waals surface area contributed by atoms with E-state index in [0.29, 0.717) is 13.0 Å². The molecular formula is C24H27NO3. The third-order valence-corrected chi connectivity index (χ3v) is 4.78. The van der Waals surface area contributed by atoms with Crippen LogP contribution in [-0.2, 0) is 11.2 Å². The highest BCUT2D eigenvalue weighted by Gasteiger charge is 2.18. The molecule has 0 unspecified atom stereocenters. The minimum atomic E-state index is -0.493. The lowest BCUT2D eigenvalue weighted by Gasteiger charge is -2.18. The number of ether oxygens (including phenoxy) is 2. The van der Waals surface area contributed by atoms with Gasteiger partial charge in [-0.25, -0.2) is 0 Å². The number of aryl methyl sites for hydroxylation is 1. The van der Waals surface area contributed by atoms with E-state index in [1.54, 1.807) is 7.11 Å². The van der Waals surface area contributed by atoms with Gasteiger partial charge in [-0.2, -0.15) is 0 Å². The van der Waals surface area contributed by atoms with Crippen LogP contribution in [-0.4, -0.2) is 25.7 Å². The minimum Gasteiger partial charge on any atom is -0.496 e. The summed E-state index contributed by atoms with van der Waals surface area (Å²) in [6.07, 6.45) is 1.82. The number of methoxy groups -OCH3 is 1. The second-order valence-corrected chi connectivity index (χ2v) is 6.73. The Balaban J connectivity index is 1.51. The van der Waals surface area contributed by atoms with Gasteiger partial charge in [-0.05, 0) is 53.8 Å². The van der Waals surface area contributed by atoms with Crippen LogP contribution < -0.4 is 14.8 Å². The fourth-order valence-electron chi connectivity index (χ4n) is 3.24. The zero-order chi connectivity index (χ0) is 19.8. The zero-order valence-electron chi connectivity index (χ0n) is 16.5. The molecule has 1 amide bonds. The van der Waals surface area contributed by atoms with Crippen LogP contribution in [0.15, 0.2) is 66.7 Å². The maximum absolute atomic E-state index is 12.5. The normalized spacial score (nSPS) is 11.8. The molecule has 0 saturated heterocycles. The zero-order valence-corrected chi connectivity index (χ0v) is 16.5. The molecule has 0 bridgehead atoms. The van der Waals surface area contributed by atoms with E-state index in [1.165, 1.54) is 0 Å². The predicted octanol–water partition coefficient (Wildman–Crippen LogP) is 4.75. The summed E-state index contributed by atoms with van der Waals surface area (Å²) in [5, 5.41) is 5.25. The second-order valence-electron chi connectivity index (χ2n) is 6.73. The van der Waals surface area contributed by atoms with Crippen LogP contribution >= 0.6 is 0 Å². The Kier molecular flexibility index (Phi) is 6.90. The third kappa shape index (κ3) is 5.03. The average Bonchev–Trinajstić information content (AvgIpc) is 2.75. The first kappa shape index (κ1) is 19.7. The van der Waals surface area contributed by atoms with Crippen molar-refractivity contribution in [2.45, 2.75) is 32.3 Å². The monoisotopic (exact) mass is 377 g/mol. The summed E-state index contributed by atoms with van der Waals surface area (Å²) in [6.45, 7) is 2.56. The lowest BCUT2D eigenvalue weighted by Crippen LogP contribution is -2.38. The molecule has 1 atom stereocenters. The van der Waals surface area contributed by atoms with Gasteiger partial charge in [0.05, 0.1) is 7.11 Å². The van der Waals surface area contributed by atoms with Crippen LogP contribution in [0.2, 0.25) is 0 Å². The molecule has 3 rings (SSSR count). The van der Waals surface area contributed by atoms with E-state index >= 15 is 0 Å². The van der Waals surface area contributed by atoms with Gasteiger partial charge >= 0.3 is 0 Å². The molecule has 0 aliphatic carbocycles. The van der Waals surface area contributed by atoms with Crippen LogP contribution in [0.4, 0.5) is 0 Å². The van der Waals surface area contributed by atoms with Crippen molar-refractivity contribution in [1.29, 1.82) is 0 Å². The molecule has 0 fully saturated rings. The summed E-state index contributed by atoms with van der Waals surface area (Å²) in [4.78, 5) is 12.5. The van der Waals surface area contributed by atoms with E-state index < -0.39 is 6.10 Å². The van der Waals surface area contributed by atoms with E-state index in [4.69, 9.17) is 9.47 Å². The van der Waals surface area contributed by atoms with Crippen molar-refractivity contribution in [1.82, 2.24) is 5.32 Å². The van der Waals surface area contributed by atoms with Crippen molar-refractivity contribution in [2.75, 3.05) is 13.7 Å². The standard InChI is InChI=1S/C24H27NO3/c1-3-22(28-21-15-14-18-9-4-5-11-20(18)17-21)24(26)25-16-8-12-19-10-6-7-13-23(19)27-2/h4-7,9-11,13-15,17,22H,3,8,12,16H2,1-2H3,(H,25,26)/t22-/m0/s1. The van der Waals surface area contributed by atoms with Gasteiger partial charge in [-0.1, -0.05) is 55.5 Å². The Hall–Kier alpha value is -3.01. The molecule has 0 spiro atoms. The molecule has 0 aliphatic rings. The summed E-state index contributed by atoms with van der Waals surface area (Å²) in [5.74, 6) is 1.53. The molecule has 0 saturated carbocycles. The van der Waals surface area contributed by atoms with Crippen molar-refractivity contribution < 1.29 is 14.3 Å². The first-order valence-corrected chi connectivity index (χ1v) is 9.76. The van der Waals surface area contributed by atoms with Crippen LogP contribution in [0.5, 0.6) is 11.5 Å². The van der Waals surface area contributed by atoms with E-state index in [-0.39, 0.29) is 5.91 Å². The number of hydrogen-bond donors (Lipinski definition) is 1. The summed E-state index contributed by atoms with van der Waals surface area (Å²) < 4.78 is 11.3. The molecule has 0 radical (unpaired) electrons. The van der Waals surface area contributed by atoms with Gasteiger partial charge in [-0.15, -0.1) is 0 Å². The van der Waals surface area contributed by atoms with Crippen LogP contribution in [0.1, 0.15) is 25.3 Å². The molecule has 0 heterocycles. The predicted molar refractivity (Wildman–Crippen MR) is 113 cm³/mol.